The molecular weight excluding hydrogens is 223 g/mol. The smallest absolute Gasteiger partial charge is 0.389 e. The van der Waals surface area contributed by atoms with Crippen molar-refractivity contribution in [3.8, 4) is 6.07 Å². The molecule has 0 aromatic rings. The van der Waals surface area contributed by atoms with E-state index in [1.807, 2.05) is 6.07 Å². The van der Waals surface area contributed by atoms with E-state index in [-0.39, 0.29) is 26.1 Å². The fourth-order valence-electron chi connectivity index (χ4n) is 1.15. The van der Waals surface area contributed by atoms with Crippen LogP contribution < -0.4 is 0 Å². The van der Waals surface area contributed by atoms with Crippen LogP contribution in [0.15, 0.2) is 0 Å². The van der Waals surface area contributed by atoms with Crippen molar-refractivity contribution in [2.75, 3.05) is 13.2 Å². The number of nitrogens with zero attached hydrogens (tertiary/aromatic N) is 1. The van der Waals surface area contributed by atoms with Gasteiger partial charge in [0, 0.05) is 13.0 Å². The minimum absolute atomic E-state index is 0.0361. The monoisotopic (exact) mass is 239 g/mol. The molecule has 0 aromatic heterocycles. The van der Waals surface area contributed by atoms with Gasteiger partial charge in [-0.3, -0.25) is 0 Å². The van der Waals surface area contributed by atoms with Crippen molar-refractivity contribution in [2.24, 2.45) is 0 Å². The molecule has 0 heterocycles. The van der Waals surface area contributed by atoms with Gasteiger partial charge in [-0.15, -0.1) is 0 Å². The Morgan fingerprint density at radius 3 is 2.31 bits per heavy atom. The Labute approximate surface area is 92.8 Å². The first-order valence-corrected chi connectivity index (χ1v) is 5.06. The largest absolute Gasteiger partial charge is 0.396 e. The van der Waals surface area contributed by atoms with E-state index in [1.54, 1.807) is 0 Å². The summed E-state index contributed by atoms with van der Waals surface area (Å²) >= 11 is 0. The van der Waals surface area contributed by atoms with Crippen LogP contribution in [-0.2, 0) is 4.74 Å². The van der Waals surface area contributed by atoms with Crippen LogP contribution in [0, 0.1) is 11.3 Å². The summed E-state index contributed by atoms with van der Waals surface area (Å²) in [7, 11) is 0. The highest BCUT2D eigenvalue weighted by atomic mass is 19.4. The summed E-state index contributed by atoms with van der Waals surface area (Å²) in [5.74, 6) is 0. The van der Waals surface area contributed by atoms with Crippen LogP contribution in [0.2, 0.25) is 0 Å². The number of rotatable bonds is 7. The van der Waals surface area contributed by atoms with Gasteiger partial charge in [-0.25, -0.2) is 0 Å². The van der Waals surface area contributed by atoms with Crippen LogP contribution in [-0.4, -0.2) is 30.1 Å². The second-order valence-corrected chi connectivity index (χ2v) is 3.74. The molecule has 1 atom stereocenters. The van der Waals surface area contributed by atoms with E-state index in [9.17, 15) is 13.2 Å². The zero-order valence-electron chi connectivity index (χ0n) is 9.18. The lowest BCUT2D eigenvalue weighted by molar-refractivity contribution is -0.137. The average Bonchev–Trinajstić information content (AvgIpc) is 2.16. The van der Waals surface area contributed by atoms with Crippen molar-refractivity contribution in [3.05, 3.63) is 0 Å². The Hall–Kier alpha value is -0.800. The fourth-order valence-corrected chi connectivity index (χ4v) is 1.15. The van der Waals surface area contributed by atoms with Crippen molar-refractivity contribution in [1.29, 1.82) is 5.26 Å². The summed E-state index contributed by atoms with van der Waals surface area (Å²) in [6.07, 6.45) is -4.83. The number of nitriles is 1. The fraction of sp³-hybridized carbons (Fsp3) is 0.900. The lowest BCUT2D eigenvalue weighted by Gasteiger charge is -2.22. The Balaban J connectivity index is 3.93. The van der Waals surface area contributed by atoms with E-state index >= 15 is 0 Å². The van der Waals surface area contributed by atoms with E-state index in [0.717, 1.165) is 0 Å². The molecule has 0 spiro atoms. The number of aliphatic hydroxyl groups excluding tert-OH is 1. The van der Waals surface area contributed by atoms with Gasteiger partial charge in [0.2, 0.25) is 0 Å². The molecule has 0 aliphatic heterocycles. The molecule has 0 aliphatic rings. The first kappa shape index (κ1) is 15.2. The standard InChI is InChI=1S/C10H16F3NO2/c1-9(8-14,16-7-3-6-15)4-2-5-10(11,12)13/h15H,2-7H2,1H3. The van der Waals surface area contributed by atoms with Gasteiger partial charge in [-0.2, -0.15) is 18.4 Å². The van der Waals surface area contributed by atoms with Gasteiger partial charge in [0.15, 0.2) is 5.60 Å². The van der Waals surface area contributed by atoms with Gasteiger partial charge in [0.1, 0.15) is 0 Å². The average molecular weight is 239 g/mol. The number of halogens is 3. The van der Waals surface area contributed by atoms with Crippen molar-refractivity contribution >= 4 is 0 Å². The number of alkyl halides is 3. The Bertz CT molecular complexity index is 237. The minimum atomic E-state index is -4.19. The third-order valence-electron chi connectivity index (χ3n) is 2.07. The SMILES string of the molecule is CC(C#N)(CCCC(F)(F)F)OCCCO. The highest BCUT2D eigenvalue weighted by molar-refractivity contribution is 4.98. The van der Waals surface area contributed by atoms with E-state index in [0.29, 0.717) is 6.42 Å². The molecule has 16 heavy (non-hydrogen) atoms. The van der Waals surface area contributed by atoms with E-state index in [2.05, 4.69) is 0 Å². The lowest BCUT2D eigenvalue weighted by Crippen LogP contribution is -2.28. The third-order valence-corrected chi connectivity index (χ3v) is 2.07. The molecule has 0 fully saturated rings. The number of hydrogen-bond acceptors (Lipinski definition) is 3. The second-order valence-electron chi connectivity index (χ2n) is 3.74. The number of hydrogen-bond donors (Lipinski definition) is 1. The molecule has 1 N–H and O–H groups in total. The van der Waals surface area contributed by atoms with Crippen LogP contribution in [0.25, 0.3) is 0 Å². The minimum Gasteiger partial charge on any atom is -0.396 e. The van der Waals surface area contributed by atoms with Crippen LogP contribution in [0.4, 0.5) is 13.2 Å². The molecule has 0 aliphatic carbocycles. The molecule has 0 bridgehead atoms. The quantitative estimate of drug-likeness (QED) is 0.694. The Kier molecular flexibility index (Phi) is 6.38. The summed E-state index contributed by atoms with van der Waals surface area (Å²) in [6.45, 7) is 1.57. The maximum absolute atomic E-state index is 11.9. The van der Waals surface area contributed by atoms with Crippen LogP contribution >= 0.6 is 0 Å². The second kappa shape index (κ2) is 6.71. The molecule has 94 valence electrons. The first-order chi connectivity index (χ1) is 7.33. The number of ether oxygens (including phenoxy) is 1. The Morgan fingerprint density at radius 2 is 1.88 bits per heavy atom. The molecule has 3 nitrogen and oxygen atoms in total. The van der Waals surface area contributed by atoms with E-state index < -0.39 is 18.2 Å². The first-order valence-electron chi connectivity index (χ1n) is 5.06. The van der Waals surface area contributed by atoms with Gasteiger partial charge < -0.3 is 9.84 Å². The van der Waals surface area contributed by atoms with Gasteiger partial charge in [0.25, 0.3) is 0 Å². The third kappa shape index (κ3) is 7.49. The van der Waals surface area contributed by atoms with Crippen LogP contribution in [0.1, 0.15) is 32.6 Å². The van der Waals surface area contributed by atoms with Crippen molar-refractivity contribution < 1.29 is 23.0 Å². The molecule has 6 heteroatoms. The maximum Gasteiger partial charge on any atom is 0.389 e. The van der Waals surface area contributed by atoms with Crippen molar-refractivity contribution in [2.45, 2.75) is 44.4 Å². The molecule has 1 unspecified atom stereocenters. The topological polar surface area (TPSA) is 53.2 Å². The maximum atomic E-state index is 11.9. The molecule has 0 radical (unpaired) electrons. The van der Waals surface area contributed by atoms with Crippen molar-refractivity contribution in [3.63, 3.8) is 0 Å². The van der Waals surface area contributed by atoms with Gasteiger partial charge in [-0.05, 0) is 26.2 Å². The van der Waals surface area contributed by atoms with Gasteiger partial charge in [-0.1, -0.05) is 0 Å². The zero-order valence-corrected chi connectivity index (χ0v) is 9.18. The molecule has 0 saturated heterocycles. The molecule has 0 amide bonds. The summed E-state index contributed by atoms with van der Waals surface area (Å²) in [5, 5.41) is 17.3. The number of aliphatic hydroxyl groups is 1. The van der Waals surface area contributed by atoms with Crippen LogP contribution in [0.3, 0.4) is 0 Å². The van der Waals surface area contributed by atoms with E-state index in [4.69, 9.17) is 15.1 Å². The van der Waals surface area contributed by atoms with E-state index in [1.165, 1.54) is 6.92 Å². The molecule has 0 saturated carbocycles. The van der Waals surface area contributed by atoms with Gasteiger partial charge >= 0.3 is 6.18 Å². The highest BCUT2D eigenvalue weighted by Crippen LogP contribution is 2.26. The van der Waals surface area contributed by atoms with Crippen molar-refractivity contribution in [1.82, 2.24) is 0 Å². The van der Waals surface area contributed by atoms with Crippen LogP contribution in [0.5, 0.6) is 0 Å². The summed E-state index contributed by atoms with van der Waals surface area (Å²) in [6, 6.07) is 1.85. The highest BCUT2D eigenvalue weighted by Gasteiger charge is 2.30. The Morgan fingerprint density at radius 1 is 1.25 bits per heavy atom. The molecule has 0 rings (SSSR count). The predicted octanol–water partition coefficient (Wildman–Crippen LogP) is 2.40. The predicted molar refractivity (Wildman–Crippen MR) is 51.6 cm³/mol. The lowest BCUT2D eigenvalue weighted by atomic mass is 10.0. The summed E-state index contributed by atoms with van der Waals surface area (Å²) in [4.78, 5) is 0. The molecule has 0 aromatic carbocycles. The van der Waals surface area contributed by atoms with Gasteiger partial charge in [0.05, 0.1) is 12.7 Å². The normalized spacial score (nSPS) is 15.5. The summed E-state index contributed by atoms with van der Waals surface area (Å²) in [5.41, 5.74) is -1.19. The molecular formula is C10H16F3NO2. The zero-order chi connectivity index (χ0) is 12.7. The summed E-state index contributed by atoms with van der Waals surface area (Å²) < 4.78 is 40.8.